The second-order valence-electron chi connectivity index (χ2n) is 5.59. The van der Waals surface area contributed by atoms with Gasteiger partial charge in [0.15, 0.2) is 0 Å². The van der Waals surface area contributed by atoms with E-state index in [1.807, 2.05) is 0 Å². The molecule has 1 atom stereocenters. The minimum Gasteiger partial charge on any atom is -0.480 e. The smallest absolute Gasteiger partial charge is 0.320 e. The fourth-order valence-electron chi connectivity index (χ4n) is 2.76. The molecule has 1 aromatic heterocycles. The number of amides is 1. The molecule has 0 unspecified atom stereocenters. The van der Waals surface area contributed by atoms with E-state index in [9.17, 15) is 9.59 Å². The number of carbonyl (C=O) groups is 2. The van der Waals surface area contributed by atoms with Crippen LogP contribution in [0.5, 0.6) is 0 Å². The van der Waals surface area contributed by atoms with Gasteiger partial charge in [0.05, 0.1) is 0 Å². The zero-order valence-corrected chi connectivity index (χ0v) is 11.9. The van der Waals surface area contributed by atoms with Gasteiger partial charge in [-0.05, 0) is 50.2 Å². The highest BCUT2D eigenvalue weighted by Gasteiger charge is 2.26. The Balaban J connectivity index is 1.77. The van der Waals surface area contributed by atoms with Crippen LogP contribution in [-0.4, -0.2) is 34.1 Å². The summed E-state index contributed by atoms with van der Waals surface area (Å²) in [6.45, 7) is 0. The average molecular weight is 291 g/mol. The summed E-state index contributed by atoms with van der Waals surface area (Å²) in [5.74, 6) is -0.763. The molecule has 1 heterocycles. The summed E-state index contributed by atoms with van der Waals surface area (Å²) in [6.07, 6.45) is 5.61. The Morgan fingerprint density at radius 3 is 2.62 bits per heavy atom. The molecule has 0 aliphatic heterocycles. The van der Waals surface area contributed by atoms with E-state index in [4.69, 9.17) is 10.8 Å². The van der Waals surface area contributed by atoms with Crippen molar-refractivity contribution in [2.75, 3.05) is 0 Å². The standard InChI is InChI=1S/C15H21N3O3/c16-12(15(20)21)9-10-4-6-11(7-5-10)18-14(19)13-3-1-2-8-17-13/h1-3,8,10-12H,4-7,9,16H2,(H,18,19)(H,20,21)/t10-,11-,12-/m0/s1. The molecule has 114 valence electrons. The van der Waals surface area contributed by atoms with Gasteiger partial charge in [0, 0.05) is 12.2 Å². The first kappa shape index (κ1) is 15.4. The Bertz CT molecular complexity index is 484. The molecule has 1 amide bonds. The van der Waals surface area contributed by atoms with E-state index in [1.54, 1.807) is 24.4 Å². The molecular formula is C15H21N3O3. The summed E-state index contributed by atoms with van der Waals surface area (Å²) in [5.41, 5.74) is 5.98. The van der Waals surface area contributed by atoms with E-state index in [-0.39, 0.29) is 11.9 Å². The first-order valence-electron chi connectivity index (χ1n) is 7.26. The number of carboxylic acids is 1. The monoisotopic (exact) mass is 291 g/mol. The van der Waals surface area contributed by atoms with E-state index in [0.29, 0.717) is 18.0 Å². The number of nitrogens with one attached hydrogen (secondary N) is 1. The predicted molar refractivity (Wildman–Crippen MR) is 77.7 cm³/mol. The van der Waals surface area contributed by atoms with E-state index >= 15 is 0 Å². The Kier molecular flexibility index (Phi) is 5.27. The summed E-state index contributed by atoms with van der Waals surface area (Å²) in [5, 5.41) is 11.8. The highest BCUT2D eigenvalue weighted by molar-refractivity contribution is 5.92. The number of nitrogens with two attached hydrogens (primary N) is 1. The fourth-order valence-corrected chi connectivity index (χ4v) is 2.76. The minimum atomic E-state index is -0.944. The number of hydrogen-bond acceptors (Lipinski definition) is 4. The third-order valence-corrected chi connectivity index (χ3v) is 3.98. The number of hydrogen-bond donors (Lipinski definition) is 3. The van der Waals surface area contributed by atoms with Gasteiger partial charge >= 0.3 is 5.97 Å². The Morgan fingerprint density at radius 1 is 1.33 bits per heavy atom. The van der Waals surface area contributed by atoms with Crippen molar-refractivity contribution in [2.45, 2.75) is 44.2 Å². The molecule has 1 saturated carbocycles. The molecule has 0 radical (unpaired) electrons. The number of carboxylic acid groups (broad SMARTS) is 1. The molecule has 0 aromatic carbocycles. The van der Waals surface area contributed by atoms with Crippen LogP contribution in [0.15, 0.2) is 24.4 Å². The van der Waals surface area contributed by atoms with Gasteiger partial charge in [-0.3, -0.25) is 14.6 Å². The van der Waals surface area contributed by atoms with Crippen LogP contribution in [0.25, 0.3) is 0 Å². The average Bonchev–Trinajstić information content (AvgIpc) is 2.50. The van der Waals surface area contributed by atoms with Gasteiger partial charge in [0.25, 0.3) is 5.91 Å². The van der Waals surface area contributed by atoms with E-state index in [1.165, 1.54) is 0 Å². The van der Waals surface area contributed by atoms with E-state index in [0.717, 1.165) is 25.7 Å². The van der Waals surface area contributed by atoms with Crippen molar-refractivity contribution in [2.24, 2.45) is 11.7 Å². The molecule has 21 heavy (non-hydrogen) atoms. The van der Waals surface area contributed by atoms with E-state index in [2.05, 4.69) is 10.3 Å². The zero-order chi connectivity index (χ0) is 15.2. The van der Waals surface area contributed by atoms with E-state index < -0.39 is 12.0 Å². The quantitative estimate of drug-likeness (QED) is 0.755. The molecule has 1 aliphatic carbocycles. The topological polar surface area (TPSA) is 105 Å². The molecule has 1 aromatic rings. The van der Waals surface area contributed by atoms with Gasteiger partial charge in [-0.2, -0.15) is 0 Å². The van der Waals surface area contributed by atoms with Crippen LogP contribution >= 0.6 is 0 Å². The summed E-state index contributed by atoms with van der Waals surface area (Å²) in [4.78, 5) is 26.8. The molecule has 0 bridgehead atoms. The van der Waals surface area contributed by atoms with Crippen molar-refractivity contribution in [1.29, 1.82) is 0 Å². The van der Waals surface area contributed by atoms with Gasteiger partial charge in [-0.1, -0.05) is 6.07 Å². The molecule has 4 N–H and O–H groups in total. The molecule has 0 saturated heterocycles. The first-order valence-corrected chi connectivity index (χ1v) is 7.26. The Labute approximate surface area is 123 Å². The molecule has 6 heteroatoms. The van der Waals surface area contributed by atoms with Gasteiger partial charge in [0.1, 0.15) is 11.7 Å². The van der Waals surface area contributed by atoms with Crippen molar-refractivity contribution < 1.29 is 14.7 Å². The highest BCUT2D eigenvalue weighted by atomic mass is 16.4. The maximum absolute atomic E-state index is 12.0. The third kappa shape index (κ3) is 4.53. The second-order valence-corrected chi connectivity index (χ2v) is 5.59. The first-order chi connectivity index (χ1) is 10.1. The summed E-state index contributed by atoms with van der Waals surface area (Å²) < 4.78 is 0. The fraction of sp³-hybridized carbons (Fsp3) is 0.533. The van der Waals surface area contributed by atoms with Gasteiger partial charge in [0.2, 0.25) is 0 Å². The largest absolute Gasteiger partial charge is 0.480 e. The number of rotatable bonds is 5. The number of aromatic nitrogens is 1. The van der Waals surface area contributed by atoms with Crippen LogP contribution in [0.1, 0.15) is 42.6 Å². The lowest BCUT2D eigenvalue weighted by Crippen LogP contribution is -2.39. The number of aliphatic carboxylic acids is 1. The number of pyridine rings is 1. The molecular weight excluding hydrogens is 270 g/mol. The molecule has 6 nitrogen and oxygen atoms in total. The molecule has 1 fully saturated rings. The van der Waals surface area contributed by atoms with Crippen molar-refractivity contribution in [3.05, 3.63) is 30.1 Å². The zero-order valence-electron chi connectivity index (χ0n) is 11.9. The lowest BCUT2D eigenvalue weighted by Gasteiger charge is -2.29. The number of nitrogens with zero attached hydrogens (tertiary/aromatic N) is 1. The Morgan fingerprint density at radius 2 is 2.05 bits per heavy atom. The van der Waals surface area contributed by atoms with Gasteiger partial charge in [-0.25, -0.2) is 0 Å². The summed E-state index contributed by atoms with van der Waals surface area (Å²) in [7, 11) is 0. The van der Waals surface area contributed by atoms with Crippen LogP contribution in [-0.2, 0) is 4.79 Å². The molecule has 0 spiro atoms. The van der Waals surface area contributed by atoms with Crippen LogP contribution in [0.4, 0.5) is 0 Å². The van der Waals surface area contributed by atoms with Gasteiger partial charge < -0.3 is 16.2 Å². The summed E-state index contributed by atoms with van der Waals surface area (Å²) >= 11 is 0. The third-order valence-electron chi connectivity index (χ3n) is 3.98. The van der Waals surface area contributed by atoms with Crippen LogP contribution in [0.2, 0.25) is 0 Å². The summed E-state index contributed by atoms with van der Waals surface area (Å²) in [6, 6.07) is 4.60. The normalized spacial score (nSPS) is 23.3. The maximum Gasteiger partial charge on any atom is 0.320 e. The number of carbonyl (C=O) groups excluding carboxylic acids is 1. The lowest BCUT2D eigenvalue weighted by molar-refractivity contribution is -0.139. The van der Waals surface area contributed by atoms with Crippen LogP contribution < -0.4 is 11.1 Å². The molecule has 2 rings (SSSR count). The molecule has 1 aliphatic rings. The van der Waals surface area contributed by atoms with Crippen molar-refractivity contribution >= 4 is 11.9 Å². The minimum absolute atomic E-state index is 0.136. The van der Waals surface area contributed by atoms with Crippen molar-refractivity contribution in [1.82, 2.24) is 10.3 Å². The van der Waals surface area contributed by atoms with Crippen molar-refractivity contribution in [3.63, 3.8) is 0 Å². The second kappa shape index (κ2) is 7.17. The highest BCUT2D eigenvalue weighted by Crippen LogP contribution is 2.27. The maximum atomic E-state index is 12.0. The van der Waals surface area contributed by atoms with Crippen LogP contribution in [0.3, 0.4) is 0 Å². The SMILES string of the molecule is N[C@@H](C[C@H]1CC[C@H](NC(=O)c2ccccn2)CC1)C(=O)O. The predicted octanol–water partition coefficient (Wildman–Crippen LogP) is 1.17. The Hall–Kier alpha value is -1.95. The lowest BCUT2D eigenvalue weighted by atomic mass is 9.82. The van der Waals surface area contributed by atoms with Crippen molar-refractivity contribution in [3.8, 4) is 0 Å². The van der Waals surface area contributed by atoms with Crippen LogP contribution in [0, 0.1) is 5.92 Å². The van der Waals surface area contributed by atoms with Gasteiger partial charge in [-0.15, -0.1) is 0 Å².